The molecule has 0 aliphatic heterocycles. The number of amides is 1. The minimum absolute atomic E-state index is 0.107. The summed E-state index contributed by atoms with van der Waals surface area (Å²) >= 11 is 6.06. The average Bonchev–Trinajstić information content (AvgIpc) is 3.15. The van der Waals surface area contributed by atoms with Crippen LogP contribution in [-0.4, -0.2) is 29.8 Å². The monoisotopic (exact) mass is 356 g/mol. The van der Waals surface area contributed by atoms with Crippen molar-refractivity contribution >= 4 is 28.9 Å². The summed E-state index contributed by atoms with van der Waals surface area (Å²) < 4.78 is 5.41. The number of methoxy groups -OCH3 is 1. The molecule has 6 nitrogen and oxygen atoms in total. The number of anilines is 2. The summed E-state index contributed by atoms with van der Waals surface area (Å²) in [7, 11) is 1.59. The molecule has 1 amide bonds. The molecule has 0 spiro atoms. The zero-order chi connectivity index (χ0) is 17.6. The summed E-state index contributed by atoms with van der Waals surface area (Å²) in [5, 5.41) is 13.1. The second kappa shape index (κ2) is 7.72. The highest BCUT2D eigenvalue weighted by molar-refractivity contribution is 6.33. The van der Waals surface area contributed by atoms with Gasteiger partial charge in [0, 0.05) is 29.1 Å². The fourth-order valence-corrected chi connectivity index (χ4v) is 2.59. The minimum atomic E-state index is -0.182. The molecule has 0 saturated heterocycles. The van der Waals surface area contributed by atoms with Crippen LogP contribution in [0.2, 0.25) is 5.02 Å². The molecule has 0 atom stereocenters. The number of aromatic amines is 1. The van der Waals surface area contributed by atoms with Gasteiger partial charge in [0.05, 0.1) is 30.6 Å². The lowest BCUT2D eigenvalue weighted by Gasteiger charge is -2.12. The largest absolute Gasteiger partial charge is 0.496 e. The predicted molar refractivity (Wildman–Crippen MR) is 99.1 cm³/mol. The zero-order valence-corrected chi connectivity index (χ0v) is 14.3. The standard InChI is InChI=1S/C18H17ClN4O2/c1-25-17-8-13(6-7-14(17)12-9-21-22-10-12)23-18(24)11-20-16-5-3-2-4-15(16)19/h2-10,20H,11H2,1H3,(H,21,22)(H,23,24). The van der Waals surface area contributed by atoms with Crippen molar-refractivity contribution in [2.45, 2.75) is 0 Å². The number of nitrogens with zero attached hydrogens (tertiary/aromatic N) is 1. The number of rotatable bonds is 6. The number of nitrogens with one attached hydrogen (secondary N) is 3. The average molecular weight is 357 g/mol. The Hall–Kier alpha value is -2.99. The lowest BCUT2D eigenvalue weighted by Crippen LogP contribution is -2.21. The van der Waals surface area contributed by atoms with Crippen LogP contribution < -0.4 is 15.4 Å². The number of halogens is 1. The first-order valence-corrected chi connectivity index (χ1v) is 8.00. The second-order valence-corrected chi connectivity index (χ2v) is 5.69. The van der Waals surface area contributed by atoms with E-state index in [0.29, 0.717) is 22.1 Å². The molecule has 0 fully saturated rings. The molecule has 0 radical (unpaired) electrons. The Balaban J connectivity index is 1.66. The molecule has 3 aromatic rings. The number of carbonyl (C=O) groups is 1. The van der Waals surface area contributed by atoms with E-state index in [1.807, 2.05) is 30.3 Å². The van der Waals surface area contributed by atoms with Crippen LogP contribution in [0.1, 0.15) is 0 Å². The third kappa shape index (κ3) is 4.10. The molecule has 128 valence electrons. The lowest BCUT2D eigenvalue weighted by molar-refractivity contribution is -0.114. The van der Waals surface area contributed by atoms with Gasteiger partial charge in [-0.05, 0) is 24.3 Å². The Bertz CT molecular complexity index is 865. The lowest BCUT2D eigenvalue weighted by atomic mass is 10.1. The molecule has 3 rings (SSSR count). The van der Waals surface area contributed by atoms with Crippen LogP contribution in [0.25, 0.3) is 11.1 Å². The van der Waals surface area contributed by atoms with Crippen molar-refractivity contribution in [3.8, 4) is 16.9 Å². The quantitative estimate of drug-likeness (QED) is 0.628. The summed E-state index contributed by atoms with van der Waals surface area (Å²) in [4.78, 5) is 12.1. The van der Waals surface area contributed by atoms with E-state index in [1.165, 1.54) is 0 Å². The molecule has 1 heterocycles. The van der Waals surface area contributed by atoms with Crippen molar-refractivity contribution in [3.63, 3.8) is 0 Å². The summed E-state index contributed by atoms with van der Waals surface area (Å²) in [5.41, 5.74) is 3.17. The Morgan fingerprint density at radius 2 is 2.12 bits per heavy atom. The van der Waals surface area contributed by atoms with Gasteiger partial charge >= 0.3 is 0 Å². The Morgan fingerprint density at radius 1 is 1.28 bits per heavy atom. The molecule has 0 saturated carbocycles. The fourth-order valence-electron chi connectivity index (χ4n) is 2.39. The van der Waals surface area contributed by atoms with Gasteiger partial charge in [-0.3, -0.25) is 9.89 Å². The smallest absolute Gasteiger partial charge is 0.243 e. The number of aromatic nitrogens is 2. The number of carbonyl (C=O) groups excluding carboxylic acids is 1. The van der Waals surface area contributed by atoms with Gasteiger partial charge in [-0.2, -0.15) is 5.10 Å². The Labute approximate surface area is 150 Å². The van der Waals surface area contributed by atoms with Gasteiger partial charge in [0.2, 0.25) is 5.91 Å². The minimum Gasteiger partial charge on any atom is -0.496 e. The number of benzene rings is 2. The molecular formula is C18H17ClN4O2. The van der Waals surface area contributed by atoms with Gasteiger partial charge in [-0.15, -0.1) is 0 Å². The summed E-state index contributed by atoms with van der Waals surface area (Å²) in [6.07, 6.45) is 3.49. The van der Waals surface area contributed by atoms with Gasteiger partial charge in [0.15, 0.2) is 0 Å². The van der Waals surface area contributed by atoms with E-state index in [9.17, 15) is 4.79 Å². The molecule has 0 unspecified atom stereocenters. The van der Waals surface area contributed by atoms with Crippen LogP contribution in [0.15, 0.2) is 54.9 Å². The highest BCUT2D eigenvalue weighted by Gasteiger charge is 2.10. The van der Waals surface area contributed by atoms with Gasteiger partial charge in [-0.1, -0.05) is 23.7 Å². The zero-order valence-electron chi connectivity index (χ0n) is 13.5. The summed E-state index contributed by atoms with van der Waals surface area (Å²) in [6, 6.07) is 12.7. The first kappa shape index (κ1) is 16.9. The number of hydrogen-bond acceptors (Lipinski definition) is 4. The number of H-pyrrole nitrogens is 1. The molecule has 0 aliphatic carbocycles. The summed E-state index contributed by atoms with van der Waals surface area (Å²) in [6.45, 7) is 0.107. The molecular weight excluding hydrogens is 340 g/mol. The molecule has 2 aromatic carbocycles. The van der Waals surface area contributed by atoms with E-state index in [2.05, 4.69) is 20.8 Å². The van der Waals surface area contributed by atoms with Crippen LogP contribution in [0.5, 0.6) is 5.75 Å². The highest BCUT2D eigenvalue weighted by atomic mass is 35.5. The van der Waals surface area contributed by atoms with E-state index in [1.54, 1.807) is 31.6 Å². The van der Waals surface area contributed by atoms with E-state index in [-0.39, 0.29) is 12.5 Å². The first-order chi connectivity index (χ1) is 12.2. The van der Waals surface area contributed by atoms with E-state index in [4.69, 9.17) is 16.3 Å². The third-order valence-corrected chi connectivity index (χ3v) is 3.94. The predicted octanol–water partition coefficient (Wildman–Crippen LogP) is 3.79. The number of ether oxygens (including phenoxy) is 1. The van der Waals surface area contributed by atoms with E-state index < -0.39 is 0 Å². The van der Waals surface area contributed by atoms with Crippen molar-refractivity contribution in [2.75, 3.05) is 24.3 Å². The van der Waals surface area contributed by atoms with Crippen LogP contribution in [-0.2, 0) is 4.79 Å². The fraction of sp³-hybridized carbons (Fsp3) is 0.111. The van der Waals surface area contributed by atoms with Crippen molar-refractivity contribution in [3.05, 3.63) is 59.9 Å². The number of para-hydroxylation sites is 1. The molecule has 1 aromatic heterocycles. The van der Waals surface area contributed by atoms with Gasteiger partial charge < -0.3 is 15.4 Å². The second-order valence-electron chi connectivity index (χ2n) is 5.28. The highest BCUT2D eigenvalue weighted by Crippen LogP contribution is 2.31. The Kier molecular flexibility index (Phi) is 5.20. The van der Waals surface area contributed by atoms with Gasteiger partial charge in [0.25, 0.3) is 0 Å². The van der Waals surface area contributed by atoms with Crippen molar-refractivity contribution in [1.29, 1.82) is 0 Å². The molecule has 7 heteroatoms. The summed E-state index contributed by atoms with van der Waals surface area (Å²) in [5.74, 6) is 0.469. The topological polar surface area (TPSA) is 79.0 Å². The van der Waals surface area contributed by atoms with Crippen molar-refractivity contribution < 1.29 is 9.53 Å². The van der Waals surface area contributed by atoms with Gasteiger partial charge in [-0.25, -0.2) is 0 Å². The van der Waals surface area contributed by atoms with Crippen LogP contribution >= 0.6 is 11.6 Å². The Morgan fingerprint density at radius 3 is 2.84 bits per heavy atom. The SMILES string of the molecule is COc1cc(NC(=O)CNc2ccccc2Cl)ccc1-c1cn[nH]c1. The molecule has 25 heavy (non-hydrogen) atoms. The normalized spacial score (nSPS) is 10.3. The van der Waals surface area contributed by atoms with Crippen molar-refractivity contribution in [2.24, 2.45) is 0 Å². The van der Waals surface area contributed by atoms with E-state index in [0.717, 1.165) is 11.1 Å². The third-order valence-electron chi connectivity index (χ3n) is 3.61. The van der Waals surface area contributed by atoms with Crippen LogP contribution in [0.3, 0.4) is 0 Å². The maximum absolute atomic E-state index is 12.1. The first-order valence-electron chi connectivity index (χ1n) is 7.63. The van der Waals surface area contributed by atoms with Crippen molar-refractivity contribution in [1.82, 2.24) is 10.2 Å². The van der Waals surface area contributed by atoms with E-state index >= 15 is 0 Å². The maximum Gasteiger partial charge on any atom is 0.243 e. The molecule has 0 bridgehead atoms. The van der Waals surface area contributed by atoms with Crippen LogP contribution in [0, 0.1) is 0 Å². The molecule has 3 N–H and O–H groups in total. The molecule has 0 aliphatic rings. The van der Waals surface area contributed by atoms with Crippen LogP contribution in [0.4, 0.5) is 11.4 Å². The van der Waals surface area contributed by atoms with Gasteiger partial charge in [0.1, 0.15) is 5.75 Å². The maximum atomic E-state index is 12.1. The number of hydrogen-bond donors (Lipinski definition) is 3.